The van der Waals surface area contributed by atoms with E-state index in [2.05, 4.69) is 26.8 Å². The number of amides is 1. The molecule has 0 spiro atoms. The first-order chi connectivity index (χ1) is 14.4. The van der Waals surface area contributed by atoms with Crippen molar-refractivity contribution in [3.05, 3.63) is 77.4 Å². The molecule has 8 heteroatoms. The molecule has 4 rings (SSSR count). The molecule has 2 heterocycles. The third-order valence-electron chi connectivity index (χ3n) is 4.26. The number of hydrogen-bond donors (Lipinski definition) is 2. The van der Waals surface area contributed by atoms with Crippen LogP contribution in [0.2, 0.25) is 0 Å². The Bertz CT molecular complexity index is 1340. The fraction of sp³-hybridized carbons (Fsp3) is 0.0909. The van der Waals surface area contributed by atoms with Crippen LogP contribution in [-0.4, -0.2) is 26.0 Å². The monoisotopic (exact) mass is 402 g/mol. The van der Waals surface area contributed by atoms with Crippen LogP contribution < -0.4 is 5.73 Å². The summed E-state index contributed by atoms with van der Waals surface area (Å²) >= 11 is 0. The third-order valence-corrected chi connectivity index (χ3v) is 4.26. The Hall–Kier alpha value is -4.09. The number of hydrogen-bond acceptors (Lipinski definition) is 6. The largest absolute Gasteiger partial charge is 0.442 e. The minimum absolute atomic E-state index is 0.00229. The molecular formula is C22H15FN4O3. The number of aliphatic hydroxyl groups excluding tert-OH is 1. The average Bonchev–Trinajstić information content (AvgIpc) is 3.18. The highest BCUT2D eigenvalue weighted by atomic mass is 19.1. The number of nitrogens with two attached hydrogens (primary N) is 1. The summed E-state index contributed by atoms with van der Waals surface area (Å²) in [5.41, 5.74) is 6.42. The number of oxazole rings is 1. The van der Waals surface area contributed by atoms with E-state index in [0.717, 1.165) is 0 Å². The second-order valence-corrected chi connectivity index (χ2v) is 6.46. The summed E-state index contributed by atoms with van der Waals surface area (Å²) < 4.78 is 19.5. The molecule has 7 nitrogen and oxygen atoms in total. The van der Waals surface area contributed by atoms with Crippen molar-refractivity contribution in [3.63, 3.8) is 0 Å². The highest BCUT2D eigenvalue weighted by Crippen LogP contribution is 2.24. The fourth-order valence-electron chi connectivity index (χ4n) is 2.88. The number of rotatable bonds is 3. The highest BCUT2D eigenvalue weighted by Gasteiger charge is 2.16. The average molecular weight is 402 g/mol. The molecule has 0 aliphatic rings. The Morgan fingerprint density at radius 1 is 1.23 bits per heavy atom. The molecule has 0 bridgehead atoms. The first-order valence-corrected chi connectivity index (χ1v) is 8.91. The van der Waals surface area contributed by atoms with Crippen molar-refractivity contribution in [3.8, 4) is 23.2 Å². The van der Waals surface area contributed by atoms with E-state index in [4.69, 9.17) is 10.2 Å². The molecule has 0 saturated carbocycles. The Labute approximate surface area is 170 Å². The van der Waals surface area contributed by atoms with E-state index in [9.17, 15) is 14.3 Å². The molecule has 2 aromatic carbocycles. The summed E-state index contributed by atoms with van der Waals surface area (Å²) in [5.74, 6) is 4.92. The summed E-state index contributed by atoms with van der Waals surface area (Å²) in [6, 6.07) is 11.0. The number of nitrogens with zero attached hydrogens (tertiary/aromatic N) is 3. The van der Waals surface area contributed by atoms with Gasteiger partial charge in [-0.25, -0.2) is 19.3 Å². The Kier molecular flexibility index (Phi) is 4.96. The van der Waals surface area contributed by atoms with Crippen molar-refractivity contribution in [2.45, 2.75) is 13.0 Å². The topological polar surface area (TPSA) is 115 Å². The second kappa shape index (κ2) is 7.73. The third kappa shape index (κ3) is 3.74. The summed E-state index contributed by atoms with van der Waals surface area (Å²) in [6.45, 7) is 1.72. The summed E-state index contributed by atoms with van der Waals surface area (Å²) in [5, 5.41) is 10.3. The highest BCUT2D eigenvalue weighted by molar-refractivity contribution is 6.04. The predicted molar refractivity (Wildman–Crippen MR) is 107 cm³/mol. The summed E-state index contributed by atoms with van der Waals surface area (Å²) in [6.07, 6.45) is 0.308. The van der Waals surface area contributed by atoms with E-state index < -0.39 is 17.8 Å². The number of carbonyl (C=O) groups is 1. The van der Waals surface area contributed by atoms with Gasteiger partial charge < -0.3 is 15.3 Å². The summed E-state index contributed by atoms with van der Waals surface area (Å²) in [7, 11) is 0. The maximum Gasteiger partial charge on any atom is 0.268 e. The van der Waals surface area contributed by atoms with Crippen molar-refractivity contribution in [1.29, 1.82) is 0 Å². The van der Waals surface area contributed by atoms with Gasteiger partial charge in [-0.2, -0.15) is 0 Å². The molecule has 1 amide bonds. The van der Waals surface area contributed by atoms with Gasteiger partial charge in [0.1, 0.15) is 22.8 Å². The normalized spacial score (nSPS) is 11.7. The van der Waals surface area contributed by atoms with Gasteiger partial charge in [0.25, 0.3) is 5.91 Å². The number of aliphatic hydroxyl groups is 1. The second-order valence-electron chi connectivity index (χ2n) is 6.46. The molecule has 0 fully saturated rings. The number of aryl methyl sites for hydroxylation is 1. The van der Waals surface area contributed by atoms with Gasteiger partial charge in [0.2, 0.25) is 5.89 Å². The standard InChI is InChI=1S/C22H15FN4O3/c1-12-11-25-22(30-12)17(28)9-8-13-4-2-5-14(10-13)21-26-18-15(6-3-7-16(18)23)19(27-21)20(24)29/h2-7,10-11,17,28H,1H3,(H2,24,29)/t17-/m0/s1. The van der Waals surface area contributed by atoms with Crippen LogP contribution in [0.15, 0.2) is 53.1 Å². The van der Waals surface area contributed by atoms with Crippen LogP contribution in [0.25, 0.3) is 22.3 Å². The number of halogens is 1. The molecule has 3 N–H and O–H groups in total. The van der Waals surface area contributed by atoms with Gasteiger partial charge in [0, 0.05) is 16.5 Å². The van der Waals surface area contributed by atoms with Gasteiger partial charge in [-0.3, -0.25) is 4.79 Å². The number of para-hydroxylation sites is 1. The molecule has 30 heavy (non-hydrogen) atoms. The number of benzene rings is 2. The SMILES string of the molecule is Cc1cnc([C@@H](O)C#Cc2cccc(-c3nc(C(N)=O)c4cccc(F)c4n3)c2)o1. The number of fused-ring (bicyclic) bond motifs is 1. The lowest BCUT2D eigenvalue weighted by Gasteiger charge is -2.07. The smallest absolute Gasteiger partial charge is 0.268 e. The van der Waals surface area contributed by atoms with Gasteiger partial charge >= 0.3 is 0 Å². The molecule has 4 aromatic rings. The first-order valence-electron chi connectivity index (χ1n) is 8.91. The number of aromatic nitrogens is 3. The van der Waals surface area contributed by atoms with Crippen LogP contribution in [0.5, 0.6) is 0 Å². The lowest BCUT2D eigenvalue weighted by Crippen LogP contribution is -2.15. The molecule has 1 atom stereocenters. The van der Waals surface area contributed by atoms with E-state index >= 15 is 0 Å². The van der Waals surface area contributed by atoms with Crippen molar-refractivity contribution in [1.82, 2.24) is 15.0 Å². The van der Waals surface area contributed by atoms with E-state index in [0.29, 0.717) is 16.9 Å². The minimum atomic E-state index is -1.19. The maximum absolute atomic E-state index is 14.3. The van der Waals surface area contributed by atoms with E-state index in [-0.39, 0.29) is 28.3 Å². The van der Waals surface area contributed by atoms with E-state index in [1.54, 1.807) is 31.2 Å². The van der Waals surface area contributed by atoms with Crippen LogP contribution in [-0.2, 0) is 0 Å². The predicted octanol–water partition coefficient (Wildman–Crippen LogP) is 2.92. The number of carbonyl (C=O) groups excluding carboxylic acids is 1. The van der Waals surface area contributed by atoms with Gasteiger partial charge in [-0.1, -0.05) is 36.1 Å². The zero-order valence-corrected chi connectivity index (χ0v) is 15.8. The van der Waals surface area contributed by atoms with Crippen molar-refractivity contribution >= 4 is 16.8 Å². The first kappa shape index (κ1) is 19.2. The van der Waals surface area contributed by atoms with E-state index in [1.165, 1.54) is 24.4 Å². The van der Waals surface area contributed by atoms with Crippen LogP contribution in [0.1, 0.15) is 33.8 Å². The van der Waals surface area contributed by atoms with Gasteiger partial charge in [0.05, 0.1) is 6.20 Å². The lowest BCUT2D eigenvalue weighted by molar-refractivity contribution is 0.0997. The summed E-state index contributed by atoms with van der Waals surface area (Å²) in [4.78, 5) is 24.3. The Balaban J connectivity index is 1.74. The molecule has 148 valence electrons. The lowest BCUT2D eigenvalue weighted by atomic mass is 10.1. The van der Waals surface area contributed by atoms with Crippen molar-refractivity contribution in [2.75, 3.05) is 0 Å². The molecule has 0 unspecified atom stereocenters. The minimum Gasteiger partial charge on any atom is -0.442 e. The number of primary amides is 1. The van der Waals surface area contributed by atoms with Gasteiger partial charge in [-0.05, 0) is 25.1 Å². The molecular weight excluding hydrogens is 387 g/mol. The zero-order chi connectivity index (χ0) is 21.3. The molecule has 0 aliphatic heterocycles. The van der Waals surface area contributed by atoms with Crippen LogP contribution in [0.3, 0.4) is 0 Å². The zero-order valence-electron chi connectivity index (χ0n) is 15.8. The Morgan fingerprint density at radius 3 is 2.77 bits per heavy atom. The Morgan fingerprint density at radius 2 is 2.03 bits per heavy atom. The van der Waals surface area contributed by atoms with Crippen LogP contribution in [0.4, 0.5) is 4.39 Å². The fourth-order valence-corrected chi connectivity index (χ4v) is 2.88. The van der Waals surface area contributed by atoms with Crippen LogP contribution in [0, 0.1) is 24.6 Å². The van der Waals surface area contributed by atoms with Crippen LogP contribution >= 0.6 is 0 Å². The maximum atomic E-state index is 14.3. The van der Waals surface area contributed by atoms with E-state index in [1.807, 2.05) is 0 Å². The molecule has 2 aromatic heterocycles. The molecule has 0 saturated heterocycles. The van der Waals surface area contributed by atoms with Crippen molar-refractivity contribution < 1.29 is 18.7 Å². The van der Waals surface area contributed by atoms with Gasteiger partial charge in [-0.15, -0.1) is 0 Å². The quantitative estimate of drug-likeness (QED) is 0.509. The van der Waals surface area contributed by atoms with Crippen molar-refractivity contribution in [2.24, 2.45) is 5.73 Å². The van der Waals surface area contributed by atoms with Gasteiger partial charge in [0.15, 0.2) is 11.9 Å². The molecule has 0 radical (unpaired) electrons. The molecule has 0 aliphatic carbocycles.